The summed E-state index contributed by atoms with van der Waals surface area (Å²) in [6, 6.07) is 15.8. The van der Waals surface area contributed by atoms with Crippen molar-refractivity contribution in [3.8, 4) is 5.75 Å². The summed E-state index contributed by atoms with van der Waals surface area (Å²) < 4.78 is 11.0. The molecule has 5 nitrogen and oxygen atoms in total. The third-order valence-corrected chi connectivity index (χ3v) is 5.69. The fourth-order valence-electron chi connectivity index (χ4n) is 3.87. The minimum absolute atomic E-state index is 0.0448. The molecule has 0 spiro atoms. The molecule has 2 saturated heterocycles. The topological polar surface area (TPSA) is 42.0 Å². The van der Waals surface area contributed by atoms with Crippen LogP contribution in [-0.4, -0.2) is 54.7 Å². The van der Waals surface area contributed by atoms with E-state index in [1.54, 1.807) is 7.11 Å². The van der Waals surface area contributed by atoms with Gasteiger partial charge in [-0.1, -0.05) is 41.9 Å². The zero-order valence-corrected chi connectivity index (χ0v) is 16.1. The van der Waals surface area contributed by atoms with Gasteiger partial charge >= 0.3 is 0 Å². The molecule has 2 aromatic carbocycles. The molecule has 0 unspecified atom stereocenters. The molecular weight excluding hydrogens is 364 g/mol. The summed E-state index contributed by atoms with van der Waals surface area (Å²) in [5, 5.41) is 0.777. The smallest absolute Gasteiger partial charge is 0.249 e. The number of halogens is 1. The van der Waals surface area contributed by atoms with Crippen molar-refractivity contribution in [2.24, 2.45) is 0 Å². The van der Waals surface area contributed by atoms with Gasteiger partial charge in [-0.05, 0) is 29.3 Å². The second-order valence-corrected chi connectivity index (χ2v) is 7.48. The third-order valence-electron chi connectivity index (χ3n) is 5.32. The van der Waals surface area contributed by atoms with Crippen molar-refractivity contribution >= 4 is 17.5 Å². The van der Waals surface area contributed by atoms with Crippen molar-refractivity contribution in [1.29, 1.82) is 0 Å². The number of hydrogen-bond donors (Lipinski definition) is 0. The summed E-state index contributed by atoms with van der Waals surface area (Å²) in [5.41, 5.74) is 2.19. The van der Waals surface area contributed by atoms with Crippen molar-refractivity contribution in [3.63, 3.8) is 0 Å². The fourth-order valence-corrected chi connectivity index (χ4v) is 4.07. The van der Waals surface area contributed by atoms with Gasteiger partial charge in [-0.25, -0.2) is 0 Å². The molecule has 2 aliphatic heterocycles. The average molecular weight is 387 g/mol. The molecule has 0 N–H and O–H groups in total. The lowest BCUT2D eigenvalue weighted by Crippen LogP contribution is -2.53. The molecule has 2 heterocycles. The Morgan fingerprint density at radius 2 is 1.89 bits per heavy atom. The maximum absolute atomic E-state index is 12.5. The number of carbonyl (C=O) groups is 1. The number of amides is 1. The van der Waals surface area contributed by atoms with E-state index in [0.717, 1.165) is 41.5 Å². The summed E-state index contributed by atoms with van der Waals surface area (Å²) in [7, 11) is 1.65. The maximum Gasteiger partial charge on any atom is 0.249 e. The van der Waals surface area contributed by atoms with Crippen LogP contribution in [0.2, 0.25) is 5.02 Å². The number of hydrogen-bond acceptors (Lipinski definition) is 4. The van der Waals surface area contributed by atoms with Crippen LogP contribution in [0, 0.1) is 0 Å². The van der Waals surface area contributed by atoms with Crippen molar-refractivity contribution in [1.82, 2.24) is 9.80 Å². The molecule has 0 aromatic heterocycles. The van der Waals surface area contributed by atoms with Crippen LogP contribution in [0.5, 0.6) is 5.75 Å². The predicted octanol–water partition coefficient (Wildman–Crippen LogP) is 2.96. The van der Waals surface area contributed by atoms with Gasteiger partial charge in [-0.2, -0.15) is 0 Å². The average Bonchev–Trinajstić information content (AvgIpc) is 3.09. The molecule has 0 aliphatic carbocycles. The van der Waals surface area contributed by atoms with Crippen LogP contribution in [0.3, 0.4) is 0 Å². The number of fused-ring (bicyclic) bond motifs is 1. The second-order valence-electron chi connectivity index (χ2n) is 7.07. The highest BCUT2D eigenvalue weighted by Gasteiger charge is 2.43. The van der Waals surface area contributed by atoms with Gasteiger partial charge in [0.25, 0.3) is 0 Å². The zero-order valence-electron chi connectivity index (χ0n) is 15.3. The molecule has 2 fully saturated rings. The maximum atomic E-state index is 12.5. The van der Waals surface area contributed by atoms with E-state index in [0.29, 0.717) is 6.54 Å². The molecule has 0 saturated carbocycles. The van der Waals surface area contributed by atoms with Crippen LogP contribution < -0.4 is 4.74 Å². The first-order valence-corrected chi connectivity index (χ1v) is 9.51. The van der Waals surface area contributed by atoms with Crippen molar-refractivity contribution in [2.45, 2.75) is 25.2 Å². The van der Waals surface area contributed by atoms with E-state index in [-0.39, 0.29) is 24.7 Å². The molecule has 4 rings (SSSR count). The summed E-state index contributed by atoms with van der Waals surface area (Å²) >= 11 is 6.31. The molecule has 0 bridgehead atoms. The SMILES string of the molecule is COc1ccc(CN2C(=O)CO[C@H]3CN(Cc4ccccc4Cl)C[C@H]32)cc1. The zero-order chi connectivity index (χ0) is 18.8. The number of rotatable bonds is 5. The van der Waals surface area contributed by atoms with Crippen LogP contribution >= 0.6 is 11.6 Å². The number of benzene rings is 2. The minimum atomic E-state index is 0.0448. The Morgan fingerprint density at radius 1 is 1.11 bits per heavy atom. The lowest BCUT2D eigenvalue weighted by molar-refractivity contribution is -0.153. The minimum Gasteiger partial charge on any atom is -0.497 e. The Bertz CT molecular complexity index is 811. The summed E-state index contributed by atoms with van der Waals surface area (Å²) in [6.45, 7) is 3.10. The monoisotopic (exact) mass is 386 g/mol. The summed E-state index contributed by atoms with van der Waals surface area (Å²) in [4.78, 5) is 16.8. The van der Waals surface area contributed by atoms with Gasteiger partial charge in [-0.3, -0.25) is 9.69 Å². The van der Waals surface area contributed by atoms with E-state index in [1.165, 1.54) is 0 Å². The van der Waals surface area contributed by atoms with Gasteiger partial charge in [0.15, 0.2) is 0 Å². The molecule has 0 radical (unpaired) electrons. The van der Waals surface area contributed by atoms with Gasteiger partial charge in [0.1, 0.15) is 12.4 Å². The van der Waals surface area contributed by atoms with Gasteiger partial charge in [-0.15, -0.1) is 0 Å². The van der Waals surface area contributed by atoms with E-state index in [4.69, 9.17) is 21.1 Å². The number of likely N-dealkylation sites (tertiary alicyclic amines) is 1. The highest BCUT2D eigenvalue weighted by atomic mass is 35.5. The Kier molecular flexibility index (Phi) is 5.34. The number of morpholine rings is 1. The molecule has 2 atom stereocenters. The first kappa shape index (κ1) is 18.3. The lowest BCUT2D eigenvalue weighted by Gasteiger charge is -2.36. The van der Waals surface area contributed by atoms with E-state index in [9.17, 15) is 4.79 Å². The van der Waals surface area contributed by atoms with Crippen LogP contribution in [0.25, 0.3) is 0 Å². The van der Waals surface area contributed by atoms with Gasteiger partial charge in [0, 0.05) is 31.2 Å². The molecule has 142 valence electrons. The quantitative estimate of drug-likeness (QED) is 0.792. The van der Waals surface area contributed by atoms with Crippen molar-refractivity contribution in [3.05, 3.63) is 64.7 Å². The van der Waals surface area contributed by atoms with Gasteiger partial charge in [0.05, 0.1) is 19.3 Å². The molecule has 2 aromatic rings. The fraction of sp³-hybridized carbons (Fsp3) is 0.381. The Balaban J connectivity index is 1.46. The number of nitrogens with zero attached hydrogens (tertiary/aromatic N) is 2. The van der Waals surface area contributed by atoms with E-state index in [2.05, 4.69) is 4.90 Å². The first-order valence-electron chi connectivity index (χ1n) is 9.14. The predicted molar refractivity (Wildman–Crippen MR) is 104 cm³/mol. The highest BCUT2D eigenvalue weighted by molar-refractivity contribution is 6.31. The van der Waals surface area contributed by atoms with Crippen molar-refractivity contribution < 1.29 is 14.3 Å². The normalized spacial score (nSPS) is 22.7. The number of ether oxygens (including phenoxy) is 2. The van der Waals surface area contributed by atoms with Crippen LogP contribution in [-0.2, 0) is 22.6 Å². The first-order chi connectivity index (χ1) is 13.1. The summed E-state index contributed by atoms with van der Waals surface area (Å²) in [6.07, 6.45) is 0.0448. The van der Waals surface area contributed by atoms with E-state index >= 15 is 0 Å². The van der Waals surface area contributed by atoms with E-state index in [1.807, 2.05) is 53.4 Å². The van der Waals surface area contributed by atoms with Crippen LogP contribution in [0.15, 0.2) is 48.5 Å². The molecule has 2 aliphatic rings. The Labute approximate surface area is 164 Å². The van der Waals surface area contributed by atoms with Crippen molar-refractivity contribution in [2.75, 3.05) is 26.8 Å². The molecule has 27 heavy (non-hydrogen) atoms. The number of carbonyl (C=O) groups excluding carboxylic acids is 1. The largest absolute Gasteiger partial charge is 0.497 e. The number of methoxy groups -OCH3 is 1. The Hall–Kier alpha value is -2.08. The molecule has 6 heteroatoms. The third kappa shape index (κ3) is 3.95. The molecule has 1 amide bonds. The standard InChI is InChI=1S/C21H23ClN2O3/c1-26-17-8-6-15(7-9-17)10-24-19-12-23(13-20(19)27-14-21(24)25)11-16-4-2-3-5-18(16)22/h2-9,19-20H,10-14H2,1H3/t19-,20+/m1/s1. The summed E-state index contributed by atoms with van der Waals surface area (Å²) in [5.74, 6) is 0.864. The van der Waals surface area contributed by atoms with Crippen LogP contribution in [0.4, 0.5) is 0 Å². The Morgan fingerprint density at radius 3 is 2.63 bits per heavy atom. The van der Waals surface area contributed by atoms with Gasteiger partial charge in [0.2, 0.25) is 5.91 Å². The van der Waals surface area contributed by atoms with E-state index < -0.39 is 0 Å². The molecular formula is C21H23ClN2O3. The second kappa shape index (κ2) is 7.89. The van der Waals surface area contributed by atoms with Crippen LogP contribution in [0.1, 0.15) is 11.1 Å². The lowest BCUT2D eigenvalue weighted by atomic mass is 10.1. The van der Waals surface area contributed by atoms with Gasteiger partial charge < -0.3 is 14.4 Å². The highest BCUT2D eigenvalue weighted by Crippen LogP contribution is 2.28.